The van der Waals surface area contributed by atoms with Gasteiger partial charge in [0.2, 0.25) is 0 Å². The van der Waals surface area contributed by atoms with Gasteiger partial charge >= 0.3 is 0 Å². The molecular formula is C24H29N9O2. The average molecular weight is 476 g/mol. The summed E-state index contributed by atoms with van der Waals surface area (Å²) < 4.78 is 3.35. The number of anilines is 3. The first kappa shape index (κ1) is 22.9. The van der Waals surface area contributed by atoms with E-state index in [2.05, 4.69) is 37.0 Å². The second kappa shape index (κ2) is 9.76. The van der Waals surface area contributed by atoms with Crippen molar-refractivity contribution in [1.82, 2.24) is 29.4 Å². The van der Waals surface area contributed by atoms with Gasteiger partial charge in [0.25, 0.3) is 11.5 Å². The van der Waals surface area contributed by atoms with Gasteiger partial charge in [0.05, 0.1) is 12.3 Å². The summed E-state index contributed by atoms with van der Waals surface area (Å²) in [7, 11) is 1.76. The quantitative estimate of drug-likeness (QED) is 0.451. The molecule has 1 aliphatic heterocycles. The Morgan fingerprint density at radius 3 is 2.94 bits per heavy atom. The zero-order valence-electron chi connectivity index (χ0n) is 19.7. The molecule has 3 aromatic rings. The lowest BCUT2D eigenvalue weighted by atomic mass is 10.0. The predicted molar refractivity (Wildman–Crippen MR) is 132 cm³/mol. The highest BCUT2D eigenvalue weighted by atomic mass is 16.2. The molecule has 0 spiro atoms. The van der Waals surface area contributed by atoms with Crippen molar-refractivity contribution in [2.45, 2.75) is 44.2 Å². The van der Waals surface area contributed by atoms with Crippen LogP contribution in [0.4, 0.5) is 17.3 Å². The highest BCUT2D eigenvalue weighted by Crippen LogP contribution is 2.24. The number of hydrogen-bond donors (Lipinski definition) is 3. The maximum absolute atomic E-state index is 13.4. The number of nitrogens with zero attached hydrogens (tertiary/aromatic N) is 6. The minimum absolute atomic E-state index is 0.0487. The van der Waals surface area contributed by atoms with Crippen LogP contribution in [-0.4, -0.2) is 62.7 Å². The van der Waals surface area contributed by atoms with Crippen LogP contribution in [0.3, 0.4) is 0 Å². The Labute approximate surface area is 202 Å². The number of pyridine rings is 1. The molecule has 1 saturated carbocycles. The number of aromatic nitrogens is 4. The lowest BCUT2D eigenvalue weighted by Gasteiger charge is -2.33. The van der Waals surface area contributed by atoms with Gasteiger partial charge in [0, 0.05) is 50.9 Å². The molecule has 35 heavy (non-hydrogen) atoms. The summed E-state index contributed by atoms with van der Waals surface area (Å²) in [5.41, 5.74) is 1.08. The molecule has 0 bridgehead atoms. The van der Waals surface area contributed by atoms with Crippen LogP contribution in [0, 0.1) is 11.3 Å². The summed E-state index contributed by atoms with van der Waals surface area (Å²) in [5.74, 6) is 0.881. The monoisotopic (exact) mass is 475 g/mol. The molecule has 1 saturated heterocycles. The summed E-state index contributed by atoms with van der Waals surface area (Å²) in [6.07, 6.45) is 7.70. The molecule has 2 aliphatic rings. The molecule has 3 aromatic heterocycles. The van der Waals surface area contributed by atoms with Crippen LogP contribution in [0.15, 0.2) is 35.4 Å². The van der Waals surface area contributed by atoms with E-state index in [0.29, 0.717) is 35.0 Å². The Kier molecular flexibility index (Phi) is 6.37. The molecule has 11 heteroatoms. The summed E-state index contributed by atoms with van der Waals surface area (Å²) in [4.78, 5) is 32.9. The van der Waals surface area contributed by atoms with Crippen LogP contribution in [0.25, 0.3) is 5.65 Å². The van der Waals surface area contributed by atoms with E-state index < -0.39 is 0 Å². The smallest absolute Gasteiger partial charge is 0.274 e. The van der Waals surface area contributed by atoms with E-state index in [1.807, 2.05) is 12.3 Å². The first-order valence-corrected chi connectivity index (χ1v) is 12.0. The highest BCUT2D eigenvalue weighted by Gasteiger charge is 2.26. The summed E-state index contributed by atoms with van der Waals surface area (Å²) in [6, 6.07) is 7.81. The van der Waals surface area contributed by atoms with Crippen molar-refractivity contribution >= 4 is 28.9 Å². The lowest BCUT2D eigenvalue weighted by molar-refractivity contribution is 0.0952. The number of nitriles is 1. The van der Waals surface area contributed by atoms with Crippen molar-refractivity contribution in [3.8, 4) is 6.07 Å². The number of hydrogen-bond acceptors (Lipinski definition) is 8. The fourth-order valence-corrected chi connectivity index (χ4v) is 4.56. The maximum Gasteiger partial charge on any atom is 0.274 e. The van der Waals surface area contributed by atoms with Crippen LogP contribution >= 0.6 is 0 Å². The lowest BCUT2D eigenvalue weighted by Crippen LogP contribution is -2.40. The Bertz CT molecular complexity index is 1330. The third-order valence-corrected chi connectivity index (χ3v) is 6.54. The first-order valence-electron chi connectivity index (χ1n) is 12.0. The van der Waals surface area contributed by atoms with Crippen molar-refractivity contribution in [2.75, 3.05) is 37.3 Å². The van der Waals surface area contributed by atoms with Crippen LogP contribution < -0.4 is 21.5 Å². The molecular weight excluding hydrogens is 446 g/mol. The third kappa shape index (κ3) is 4.83. The minimum Gasteiger partial charge on any atom is -0.373 e. The molecule has 5 rings (SSSR count). The first-order chi connectivity index (χ1) is 17.1. The maximum atomic E-state index is 13.4. The van der Waals surface area contributed by atoms with Gasteiger partial charge in [0.15, 0.2) is 5.65 Å². The Morgan fingerprint density at radius 1 is 1.31 bits per heavy atom. The van der Waals surface area contributed by atoms with E-state index in [4.69, 9.17) is 5.26 Å². The molecule has 0 unspecified atom stereocenters. The number of likely N-dealkylation sites (tertiary alicyclic amines) is 1. The molecule has 182 valence electrons. The molecule has 1 atom stereocenters. The second-order valence-corrected chi connectivity index (χ2v) is 9.08. The van der Waals surface area contributed by atoms with Crippen LogP contribution in [0.1, 0.15) is 48.5 Å². The Balaban J connectivity index is 1.42. The van der Waals surface area contributed by atoms with E-state index >= 15 is 0 Å². The van der Waals surface area contributed by atoms with Crippen molar-refractivity contribution in [3.05, 3.63) is 46.5 Å². The number of carbonyl (C=O) groups is 1. The van der Waals surface area contributed by atoms with Gasteiger partial charge in [-0.25, -0.2) is 4.98 Å². The number of fused-ring (bicyclic) bond motifs is 1. The second-order valence-electron chi connectivity index (χ2n) is 9.08. The number of amides is 1. The molecule has 3 N–H and O–H groups in total. The normalized spacial score (nSPS) is 18.2. The summed E-state index contributed by atoms with van der Waals surface area (Å²) in [6.45, 7) is 2.41. The van der Waals surface area contributed by atoms with Crippen molar-refractivity contribution in [1.29, 1.82) is 5.26 Å². The SMILES string of the molecule is CNc1cc(Nc2cccn([C@H]3CCCN(CCC#N)C3)c2=O)nc2c(C(=O)NC3CC3)cnn12. The molecule has 1 amide bonds. The summed E-state index contributed by atoms with van der Waals surface area (Å²) in [5, 5.41) is 22.4. The third-order valence-electron chi connectivity index (χ3n) is 6.54. The Morgan fingerprint density at radius 2 is 2.17 bits per heavy atom. The van der Waals surface area contributed by atoms with E-state index in [-0.39, 0.29) is 23.6 Å². The molecule has 11 nitrogen and oxygen atoms in total. The van der Waals surface area contributed by atoms with E-state index in [0.717, 1.165) is 45.3 Å². The average Bonchev–Trinajstić information content (AvgIpc) is 3.58. The number of rotatable bonds is 8. The fourth-order valence-electron chi connectivity index (χ4n) is 4.56. The number of nitrogens with one attached hydrogen (secondary N) is 3. The standard InChI is InChI=1S/C24H29N9O2/c1-26-21-13-20(30-22-18(14-27-33(21)22)23(34)28-16-7-8-16)29-19-6-3-12-32(24(19)35)17-5-2-10-31(15-17)11-4-9-25/h3,6,12-14,16-17,26H,2,4-5,7-8,10-11,15H2,1H3,(H,28,34)(H,29,30)/t17-/m0/s1. The van der Waals surface area contributed by atoms with Crippen LogP contribution in [0.5, 0.6) is 0 Å². The number of carbonyl (C=O) groups excluding carboxylic acids is 1. The minimum atomic E-state index is -0.200. The molecule has 2 fully saturated rings. The Hall–Kier alpha value is -3.91. The van der Waals surface area contributed by atoms with Gasteiger partial charge in [-0.05, 0) is 44.4 Å². The van der Waals surface area contributed by atoms with Gasteiger partial charge in [-0.15, -0.1) is 0 Å². The predicted octanol–water partition coefficient (Wildman–Crippen LogP) is 2.12. The van der Waals surface area contributed by atoms with Gasteiger partial charge in [-0.2, -0.15) is 14.9 Å². The topological polar surface area (TPSA) is 132 Å². The molecule has 1 aliphatic carbocycles. The van der Waals surface area contributed by atoms with Gasteiger partial charge < -0.3 is 25.4 Å². The zero-order valence-corrected chi connectivity index (χ0v) is 19.7. The van der Waals surface area contributed by atoms with E-state index in [1.54, 1.807) is 28.3 Å². The fraction of sp³-hybridized carbons (Fsp3) is 0.458. The van der Waals surface area contributed by atoms with Crippen molar-refractivity contribution < 1.29 is 4.79 Å². The van der Waals surface area contributed by atoms with Crippen LogP contribution in [-0.2, 0) is 0 Å². The highest BCUT2D eigenvalue weighted by molar-refractivity contribution is 6.00. The van der Waals surface area contributed by atoms with Gasteiger partial charge in [0.1, 0.15) is 22.9 Å². The van der Waals surface area contributed by atoms with Crippen molar-refractivity contribution in [3.63, 3.8) is 0 Å². The summed E-state index contributed by atoms with van der Waals surface area (Å²) >= 11 is 0. The van der Waals surface area contributed by atoms with E-state index in [1.165, 1.54) is 6.20 Å². The van der Waals surface area contributed by atoms with Gasteiger partial charge in [-0.1, -0.05) is 0 Å². The number of piperidine rings is 1. The van der Waals surface area contributed by atoms with E-state index in [9.17, 15) is 9.59 Å². The van der Waals surface area contributed by atoms with Crippen molar-refractivity contribution in [2.24, 2.45) is 0 Å². The zero-order chi connectivity index (χ0) is 24.4. The largest absolute Gasteiger partial charge is 0.373 e. The molecule has 0 radical (unpaired) electrons. The molecule has 0 aromatic carbocycles. The van der Waals surface area contributed by atoms with Crippen LogP contribution in [0.2, 0.25) is 0 Å². The molecule has 4 heterocycles. The van der Waals surface area contributed by atoms with Gasteiger partial charge in [-0.3, -0.25) is 9.59 Å².